The predicted octanol–water partition coefficient (Wildman–Crippen LogP) is 2.27. The van der Waals surface area contributed by atoms with Crippen molar-refractivity contribution in [2.75, 3.05) is 19.7 Å². The van der Waals surface area contributed by atoms with Crippen LogP contribution in [0, 0.1) is 6.92 Å². The second kappa shape index (κ2) is 9.37. The Bertz CT molecular complexity index is 407. The molecule has 0 aromatic heterocycles. The van der Waals surface area contributed by atoms with Gasteiger partial charge in [0.1, 0.15) is 5.75 Å². The van der Waals surface area contributed by atoms with Crippen LogP contribution in [0.15, 0.2) is 24.3 Å². The Kier molecular flexibility index (Phi) is 7.73. The zero-order valence-electron chi connectivity index (χ0n) is 12.7. The largest absolute Gasteiger partial charge is 0.494 e. The number of hydrogen-bond donors (Lipinski definition) is 2. The molecule has 0 aliphatic rings. The third-order valence-electron chi connectivity index (χ3n) is 2.96. The van der Waals surface area contributed by atoms with E-state index < -0.39 is 0 Å². The molecule has 4 nitrogen and oxygen atoms in total. The molecule has 0 unspecified atom stereocenters. The van der Waals surface area contributed by atoms with E-state index in [4.69, 9.17) is 4.74 Å². The van der Waals surface area contributed by atoms with Crippen molar-refractivity contribution in [3.63, 3.8) is 0 Å². The number of ether oxygens (including phenoxy) is 1. The van der Waals surface area contributed by atoms with Crippen LogP contribution in [-0.4, -0.2) is 31.6 Å². The number of amides is 1. The number of rotatable bonds is 9. The minimum Gasteiger partial charge on any atom is -0.494 e. The van der Waals surface area contributed by atoms with Crippen LogP contribution < -0.4 is 15.4 Å². The number of aryl methyl sites for hydroxylation is 1. The van der Waals surface area contributed by atoms with E-state index in [1.165, 1.54) is 5.56 Å². The number of carbonyl (C=O) groups is 1. The molecule has 112 valence electrons. The van der Waals surface area contributed by atoms with Gasteiger partial charge in [0.25, 0.3) is 0 Å². The smallest absolute Gasteiger partial charge is 0.220 e. The van der Waals surface area contributed by atoms with Crippen molar-refractivity contribution in [2.24, 2.45) is 0 Å². The van der Waals surface area contributed by atoms with Crippen molar-refractivity contribution >= 4 is 5.91 Å². The highest BCUT2D eigenvalue weighted by Crippen LogP contribution is 2.12. The number of likely N-dealkylation sites (N-methyl/N-ethyl adjacent to an activating group) is 1. The Balaban J connectivity index is 2.10. The summed E-state index contributed by atoms with van der Waals surface area (Å²) >= 11 is 0. The number of nitrogens with one attached hydrogen (secondary N) is 2. The van der Waals surface area contributed by atoms with Crippen molar-refractivity contribution in [1.29, 1.82) is 0 Å². The molecule has 0 saturated carbocycles. The van der Waals surface area contributed by atoms with Crippen LogP contribution in [0.5, 0.6) is 5.75 Å². The first kappa shape index (κ1) is 16.5. The van der Waals surface area contributed by atoms with Gasteiger partial charge in [-0.3, -0.25) is 4.79 Å². The lowest BCUT2D eigenvalue weighted by Crippen LogP contribution is -2.38. The molecular formula is C16H26N2O2. The standard InChI is InChI=1S/C16H26N2O2/c1-4-17-14(3)12-18-16(19)9-6-10-20-15-8-5-7-13(2)11-15/h5,7-8,11,14,17H,4,6,9-10,12H2,1-3H3,(H,18,19)/t14-/m1/s1. The van der Waals surface area contributed by atoms with Gasteiger partial charge in [0.05, 0.1) is 6.61 Å². The molecule has 20 heavy (non-hydrogen) atoms. The summed E-state index contributed by atoms with van der Waals surface area (Å²) in [5.74, 6) is 0.953. The number of benzene rings is 1. The van der Waals surface area contributed by atoms with Gasteiger partial charge in [-0.2, -0.15) is 0 Å². The van der Waals surface area contributed by atoms with Crippen molar-refractivity contribution in [1.82, 2.24) is 10.6 Å². The summed E-state index contributed by atoms with van der Waals surface area (Å²) in [6.07, 6.45) is 1.24. The van der Waals surface area contributed by atoms with Crippen molar-refractivity contribution < 1.29 is 9.53 Å². The average Bonchev–Trinajstić information content (AvgIpc) is 2.42. The molecule has 1 aromatic carbocycles. The van der Waals surface area contributed by atoms with Gasteiger partial charge in [-0.1, -0.05) is 19.1 Å². The Hall–Kier alpha value is -1.55. The molecule has 1 atom stereocenters. The van der Waals surface area contributed by atoms with E-state index in [1.807, 2.05) is 31.2 Å². The van der Waals surface area contributed by atoms with Gasteiger partial charge in [-0.05, 0) is 44.5 Å². The normalized spacial score (nSPS) is 11.9. The monoisotopic (exact) mass is 278 g/mol. The maximum atomic E-state index is 11.6. The van der Waals surface area contributed by atoms with Gasteiger partial charge in [0, 0.05) is 19.0 Å². The third-order valence-corrected chi connectivity index (χ3v) is 2.96. The van der Waals surface area contributed by atoms with E-state index in [1.54, 1.807) is 0 Å². The van der Waals surface area contributed by atoms with Crippen LogP contribution in [0.3, 0.4) is 0 Å². The first-order chi connectivity index (χ1) is 9.61. The van der Waals surface area contributed by atoms with E-state index in [9.17, 15) is 4.79 Å². The summed E-state index contributed by atoms with van der Waals surface area (Å²) in [6, 6.07) is 8.25. The summed E-state index contributed by atoms with van der Waals surface area (Å²) in [5.41, 5.74) is 1.18. The number of carbonyl (C=O) groups excluding carboxylic acids is 1. The molecule has 0 radical (unpaired) electrons. The Morgan fingerprint density at radius 2 is 2.20 bits per heavy atom. The SMILES string of the molecule is CCN[C@H](C)CNC(=O)CCCOc1cccc(C)c1. The van der Waals surface area contributed by atoms with Gasteiger partial charge in [-0.15, -0.1) is 0 Å². The topological polar surface area (TPSA) is 50.4 Å². The average molecular weight is 278 g/mol. The maximum absolute atomic E-state index is 11.6. The molecule has 1 aromatic rings. The van der Waals surface area contributed by atoms with Crippen LogP contribution in [0.2, 0.25) is 0 Å². The van der Waals surface area contributed by atoms with E-state index in [2.05, 4.69) is 24.5 Å². The van der Waals surface area contributed by atoms with Crippen LogP contribution in [0.25, 0.3) is 0 Å². The van der Waals surface area contributed by atoms with Crippen LogP contribution in [0.4, 0.5) is 0 Å². The molecule has 0 heterocycles. The molecular weight excluding hydrogens is 252 g/mol. The summed E-state index contributed by atoms with van der Waals surface area (Å²) in [5, 5.41) is 6.17. The van der Waals surface area contributed by atoms with Crippen LogP contribution in [-0.2, 0) is 4.79 Å². The minimum absolute atomic E-state index is 0.0857. The lowest BCUT2D eigenvalue weighted by atomic mass is 10.2. The molecule has 0 bridgehead atoms. The van der Waals surface area contributed by atoms with E-state index in [-0.39, 0.29) is 5.91 Å². The maximum Gasteiger partial charge on any atom is 0.220 e. The van der Waals surface area contributed by atoms with Crippen molar-refractivity contribution in [3.8, 4) is 5.75 Å². The van der Waals surface area contributed by atoms with Crippen LogP contribution in [0.1, 0.15) is 32.3 Å². The summed E-state index contributed by atoms with van der Waals surface area (Å²) in [7, 11) is 0. The Labute approximate surface area is 121 Å². The summed E-state index contributed by atoms with van der Waals surface area (Å²) in [4.78, 5) is 11.6. The summed E-state index contributed by atoms with van der Waals surface area (Å²) < 4.78 is 5.61. The zero-order valence-corrected chi connectivity index (χ0v) is 12.7. The van der Waals surface area contributed by atoms with E-state index >= 15 is 0 Å². The van der Waals surface area contributed by atoms with E-state index in [0.717, 1.165) is 18.7 Å². The van der Waals surface area contributed by atoms with Crippen molar-refractivity contribution in [3.05, 3.63) is 29.8 Å². The van der Waals surface area contributed by atoms with Crippen LogP contribution >= 0.6 is 0 Å². The molecule has 0 aliphatic carbocycles. The molecule has 0 aliphatic heterocycles. The Morgan fingerprint density at radius 1 is 1.40 bits per heavy atom. The fourth-order valence-corrected chi connectivity index (χ4v) is 1.90. The molecule has 4 heteroatoms. The molecule has 1 amide bonds. The molecule has 1 rings (SSSR count). The lowest BCUT2D eigenvalue weighted by molar-refractivity contribution is -0.121. The molecule has 2 N–H and O–H groups in total. The highest BCUT2D eigenvalue weighted by Gasteiger charge is 2.04. The minimum atomic E-state index is 0.0857. The van der Waals surface area contributed by atoms with Gasteiger partial charge in [-0.25, -0.2) is 0 Å². The quantitative estimate of drug-likeness (QED) is 0.681. The first-order valence-corrected chi connectivity index (χ1v) is 7.31. The molecule has 0 spiro atoms. The zero-order chi connectivity index (χ0) is 14.8. The highest BCUT2D eigenvalue weighted by molar-refractivity contribution is 5.75. The number of hydrogen-bond acceptors (Lipinski definition) is 3. The van der Waals surface area contributed by atoms with Crippen molar-refractivity contribution in [2.45, 2.75) is 39.7 Å². The van der Waals surface area contributed by atoms with Gasteiger partial charge in [0.15, 0.2) is 0 Å². The fourth-order valence-electron chi connectivity index (χ4n) is 1.90. The second-order valence-corrected chi connectivity index (χ2v) is 5.03. The molecule has 0 saturated heterocycles. The van der Waals surface area contributed by atoms with E-state index in [0.29, 0.717) is 25.6 Å². The Morgan fingerprint density at radius 3 is 2.90 bits per heavy atom. The summed E-state index contributed by atoms with van der Waals surface area (Å²) in [6.45, 7) is 8.31. The third kappa shape index (κ3) is 7.14. The molecule has 0 fully saturated rings. The fraction of sp³-hybridized carbons (Fsp3) is 0.562. The lowest BCUT2D eigenvalue weighted by Gasteiger charge is -2.13. The first-order valence-electron chi connectivity index (χ1n) is 7.31. The predicted molar refractivity (Wildman–Crippen MR) is 82.1 cm³/mol. The van der Waals surface area contributed by atoms with Gasteiger partial charge < -0.3 is 15.4 Å². The highest BCUT2D eigenvalue weighted by atomic mass is 16.5. The van der Waals surface area contributed by atoms with Gasteiger partial charge >= 0.3 is 0 Å². The second-order valence-electron chi connectivity index (χ2n) is 5.03. The van der Waals surface area contributed by atoms with Gasteiger partial charge in [0.2, 0.25) is 5.91 Å².